The summed E-state index contributed by atoms with van der Waals surface area (Å²) in [5.74, 6) is -1.39. The number of carbonyl (C=O) groups is 1. The summed E-state index contributed by atoms with van der Waals surface area (Å²) >= 11 is 0. The molecule has 1 aliphatic rings. The van der Waals surface area contributed by atoms with Gasteiger partial charge in [0.2, 0.25) is 0 Å². The fourth-order valence-corrected chi connectivity index (χ4v) is 8.05. The Balaban J connectivity index is 1.82. The molecule has 51 heavy (non-hydrogen) atoms. The van der Waals surface area contributed by atoms with Crippen molar-refractivity contribution in [2.24, 2.45) is 10.8 Å². The lowest BCUT2D eigenvalue weighted by atomic mass is 9.69. The predicted molar refractivity (Wildman–Crippen MR) is 204 cm³/mol. The van der Waals surface area contributed by atoms with Gasteiger partial charge >= 0.3 is 13.6 Å². The summed E-state index contributed by atoms with van der Waals surface area (Å²) in [7, 11) is -5.78. The molecule has 2 aromatic carbocycles. The average molecular weight is 746 g/mol. The standard InChI is InChI=1S/C39H57FNO8PSi/c1-26(2)41-33-18-16-29(47-25-50(43,44)45)23-32(33)36(27-12-14-28(40)15-13-27)34(41)19-17-30-22-31(24-35(42)46-20-21-51(9,10)11)49-39(48-30,37(3,4)5)38(6,7)8/h12-19,23,26,30-31H,20-22,24-25H2,1-11H3,(H2,43,44,45)/t30-,31-/m1/s1. The number of nitrogens with zero attached hydrogens (tertiary/aromatic N) is 1. The van der Waals surface area contributed by atoms with Crippen LogP contribution in [0.4, 0.5) is 4.39 Å². The lowest BCUT2D eigenvalue weighted by Crippen LogP contribution is -2.63. The van der Waals surface area contributed by atoms with Crippen LogP contribution in [0.3, 0.4) is 0 Å². The van der Waals surface area contributed by atoms with E-state index in [-0.39, 0.29) is 24.2 Å². The summed E-state index contributed by atoms with van der Waals surface area (Å²) in [5, 5.41) is 0.781. The maximum absolute atomic E-state index is 14.2. The SMILES string of the molecule is CC(C)n1c(C=C[C@@H]2C[C@H](CC(=O)OCC[Si](C)(C)C)OC(C(C)(C)C)(C(C)(C)C)O2)c(-c2ccc(F)cc2)c2cc(OCP(=O)(O)O)ccc21. The first kappa shape index (κ1) is 41.0. The number of halogens is 1. The third-order valence-electron chi connectivity index (χ3n) is 9.16. The highest BCUT2D eigenvalue weighted by molar-refractivity contribution is 7.51. The van der Waals surface area contributed by atoms with E-state index in [4.69, 9.17) is 18.9 Å². The molecule has 2 heterocycles. The van der Waals surface area contributed by atoms with Gasteiger partial charge in [-0.1, -0.05) is 79.4 Å². The Morgan fingerprint density at radius 1 is 1.06 bits per heavy atom. The highest BCUT2D eigenvalue weighted by atomic mass is 31.2. The van der Waals surface area contributed by atoms with Gasteiger partial charge in [-0.15, -0.1) is 0 Å². The van der Waals surface area contributed by atoms with Gasteiger partial charge < -0.3 is 33.3 Å². The van der Waals surface area contributed by atoms with Crippen LogP contribution in [0, 0.1) is 16.6 Å². The lowest BCUT2D eigenvalue weighted by Gasteiger charge is -2.57. The Labute approximate surface area is 303 Å². The monoisotopic (exact) mass is 745 g/mol. The quantitative estimate of drug-likeness (QED) is 0.107. The van der Waals surface area contributed by atoms with Crippen molar-refractivity contribution in [3.63, 3.8) is 0 Å². The van der Waals surface area contributed by atoms with Gasteiger partial charge in [0.15, 0.2) is 12.1 Å². The van der Waals surface area contributed by atoms with Gasteiger partial charge in [0.25, 0.3) is 0 Å². The zero-order chi connectivity index (χ0) is 38.2. The van der Waals surface area contributed by atoms with E-state index in [0.29, 0.717) is 18.8 Å². The molecule has 1 fully saturated rings. The molecule has 2 N–H and O–H groups in total. The van der Waals surface area contributed by atoms with Crippen LogP contribution in [0.2, 0.25) is 25.7 Å². The highest BCUT2D eigenvalue weighted by Gasteiger charge is 2.57. The summed E-state index contributed by atoms with van der Waals surface area (Å²) in [6.45, 7) is 23.8. The second-order valence-electron chi connectivity index (χ2n) is 17.2. The topological polar surface area (TPSA) is 116 Å². The van der Waals surface area contributed by atoms with Crippen molar-refractivity contribution in [2.75, 3.05) is 13.0 Å². The molecule has 1 aliphatic heterocycles. The number of esters is 1. The summed E-state index contributed by atoms with van der Waals surface area (Å²) < 4.78 is 52.9. The average Bonchev–Trinajstić information content (AvgIpc) is 3.30. The number of fused-ring (bicyclic) bond motifs is 1. The van der Waals surface area contributed by atoms with Gasteiger partial charge in [-0.05, 0) is 61.9 Å². The molecule has 0 aliphatic carbocycles. The molecule has 2 atom stereocenters. The van der Waals surface area contributed by atoms with E-state index in [1.807, 2.05) is 18.2 Å². The second kappa shape index (κ2) is 15.3. The van der Waals surface area contributed by atoms with Crippen LogP contribution in [-0.4, -0.2) is 59.3 Å². The number of hydrogen-bond acceptors (Lipinski definition) is 6. The molecule has 12 heteroatoms. The van der Waals surface area contributed by atoms with Crippen molar-refractivity contribution < 1.29 is 42.5 Å². The van der Waals surface area contributed by atoms with E-state index in [1.54, 1.807) is 24.3 Å². The van der Waals surface area contributed by atoms with Gasteiger partial charge in [0.1, 0.15) is 11.6 Å². The molecule has 9 nitrogen and oxygen atoms in total. The molecular formula is C39H57FNO8PSi. The van der Waals surface area contributed by atoms with E-state index in [1.165, 1.54) is 12.1 Å². The van der Waals surface area contributed by atoms with Gasteiger partial charge in [-0.25, -0.2) is 4.39 Å². The van der Waals surface area contributed by atoms with Gasteiger partial charge in [-0.3, -0.25) is 9.36 Å². The third kappa shape index (κ3) is 10.0. The van der Waals surface area contributed by atoms with Crippen LogP contribution in [0.5, 0.6) is 5.75 Å². The minimum atomic E-state index is -4.41. The van der Waals surface area contributed by atoms with Crippen LogP contribution >= 0.6 is 7.60 Å². The third-order valence-corrected chi connectivity index (χ3v) is 11.3. The normalized spacial score (nSPS) is 18.9. The lowest BCUT2D eigenvalue weighted by molar-refractivity contribution is -0.389. The molecule has 0 bridgehead atoms. The molecule has 0 amide bonds. The van der Waals surface area contributed by atoms with Gasteiger partial charge in [-0.2, -0.15) is 0 Å². The molecule has 1 saturated heterocycles. The zero-order valence-corrected chi connectivity index (χ0v) is 34.0. The number of aromatic nitrogens is 1. The molecular weight excluding hydrogens is 688 g/mol. The first-order chi connectivity index (χ1) is 23.4. The van der Waals surface area contributed by atoms with Gasteiger partial charge in [0, 0.05) is 53.5 Å². The smallest absolute Gasteiger partial charge is 0.362 e. The fraction of sp³-hybridized carbons (Fsp3) is 0.564. The maximum atomic E-state index is 14.2. The Morgan fingerprint density at radius 2 is 1.69 bits per heavy atom. The summed E-state index contributed by atoms with van der Waals surface area (Å²) in [6.07, 6.45) is 2.94. The van der Waals surface area contributed by atoms with Crippen LogP contribution in [0.1, 0.15) is 80.0 Å². The summed E-state index contributed by atoms with van der Waals surface area (Å²) in [5.41, 5.74) is 2.36. The van der Waals surface area contributed by atoms with Crippen molar-refractivity contribution in [2.45, 2.75) is 118 Å². The number of carbonyl (C=O) groups excluding carboxylic acids is 1. The number of ether oxygens (including phenoxy) is 4. The van der Waals surface area contributed by atoms with E-state index >= 15 is 0 Å². The Hall–Kier alpha value is -2.79. The number of rotatable bonds is 12. The largest absolute Gasteiger partial charge is 0.481 e. The maximum Gasteiger partial charge on any atom is 0.362 e. The van der Waals surface area contributed by atoms with Crippen LogP contribution in [-0.2, 0) is 23.6 Å². The molecule has 0 spiro atoms. The second-order valence-corrected chi connectivity index (χ2v) is 24.4. The van der Waals surface area contributed by atoms with Crippen molar-refractivity contribution in [3.05, 3.63) is 60.1 Å². The number of hydrogen-bond donors (Lipinski definition) is 2. The minimum absolute atomic E-state index is 0.000689. The fourth-order valence-electron chi connectivity index (χ4n) is 7.02. The molecule has 282 valence electrons. The predicted octanol–water partition coefficient (Wildman–Crippen LogP) is 9.79. The Bertz CT molecular complexity index is 1740. The zero-order valence-electron chi connectivity index (χ0n) is 32.1. The van der Waals surface area contributed by atoms with Crippen LogP contribution in [0.25, 0.3) is 28.1 Å². The molecule has 0 radical (unpaired) electrons. The first-order valence-electron chi connectivity index (χ1n) is 17.7. The molecule has 4 rings (SSSR count). The van der Waals surface area contributed by atoms with E-state index in [0.717, 1.165) is 33.8 Å². The molecule has 3 aromatic rings. The van der Waals surface area contributed by atoms with Crippen molar-refractivity contribution in [1.29, 1.82) is 0 Å². The minimum Gasteiger partial charge on any atom is -0.481 e. The Morgan fingerprint density at radius 3 is 2.24 bits per heavy atom. The molecule has 1 aromatic heterocycles. The summed E-state index contributed by atoms with van der Waals surface area (Å²) in [4.78, 5) is 32.0. The first-order valence-corrected chi connectivity index (χ1v) is 23.2. The van der Waals surface area contributed by atoms with Crippen LogP contribution < -0.4 is 4.74 Å². The van der Waals surface area contributed by atoms with Crippen LogP contribution in [0.15, 0.2) is 48.5 Å². The van der Waals surface area contributed by atoms with Crippen molar-refractivity contribution in [3.8, 4) is 16.9 Å². The van der Waals surface area contributed by atoms with E-state index < -0.39 is 50.8 Å². The number of benzene rings is 2. The van der Waals surface area contributed by atoms with E-state index in [2.05, 4.69) is 79.6 Å². The van der Waals surface area contributed by atoms with E-state index in [9.17, 15) is 23.5 Å². The van der Waals surface area contributed by atoms with Crippen molar-refractivity contribution in [1.82, 2.24) is 4.57 Å². The highest BCUT2D eigenvalue weighted by Crippen LogP contribution is 2.52. The summed E-state index contributed by atoms with van der Waals surface area (Å²) in [6, 6.07) is 12.5. The van der Waals surface area contributed by atoms with Crippen molar-refractivity contribution >= 4 is 38.6 Å². The Kier molecular flexibility index (Phi) is 12.3. The molecule has 0 saturated carbocycles. The van der Waals surface area contributed by atoms with Gasteiger partial charge in [0.05, 0.1) is 25.2 Å². The molecule has 0 unspecified atom stereocenters.